The van der Waals surface area contributed by atoms with Gasteiger partial charge in [-0.2, -0.15) is 0 Å². The number of carbonyl (C=O) groups excluding carboxylic acids is 1. The first-order valence-electron chi connectivity index (χ1n) is 7.88. The Morgan fingerprint density at radius 1 is 1.12 bits per heavy atom. The standard InChI is InChI=1S/C18H23N5O/c1-19-17(24)15-8-6-14(7-9-15)13-23-18(20-2)22-12-10-16-5-3-4-11-21-16/h3-9,11H,10,12-13H2,1-2H3,(H,19,24)(H2,20,22,23). The number of amides is 1. The minimum atomic E-state index is -0.0819. The van der Waals surface area contributed by atoms with Gasteiger partial charge in [0.15, 0.2) is 5.96 Å². The zero-order chi connectivity index (χ0) is 17.2. The van der Waals surface area contributed by atoms with Crippen LogP contribution in [0.4, 0.5) is 0 Å². The van der Waals surface area contributed by atoms with E-state index < -0.39 is 0 Å². The van der Waals surface area contributed by atoms with Gasteiger partial charge < -0.3 is 16.0 Å². The minimum Gasteiger partial charge on any atom is -0.356 e. The third kappa shape index (κ3) is 5.39. The summed E-state index contributed by atoms with van der Waals surface area (Å²) >= 11 is 0. The van der Waals surface area contributed by atoms with Crippen molar-refractivity contribution in [1.82, 2.24) is 20.9 Å². The fraction of sp³-hybridized carbons (Fsp3) is 0.278. The van der Waals surface area contributed by atoms with Crippen molar-refractivity contribution in [2.75, 3.05) is 20.6 Å². The van der Waals surface area contributed by atoms with Crippen molar-refractivity contribution in [2.24, 2.45) is 4.99 Å². The predicted octanol–water partition coefficient (Wildman–Crippen LogP) is 1.35. The number of pyridine rings is 1. The zero-order valence-corrected chi connectivity index (χ0v) is 14.0. The Labute approximate surface area is 142 Å². The highest BCUT2D eigenvalue weighted by atomic mass is 16.1. The predicted molar refractivity (Wildman–Crippen MR) is 96.0 cm³/mol. The highest BCUT2D eigenvalue weighted by Crippen LogP contribution is 2.04. The smallest absolute Gasteiger partial charge is 0.251 e. The van der Waals surface area contributed by atoms with Gasteiger partial charge in [-0.3, -0.25) is 14.8 Å². The average molecular weight is 325 g/mol. The monoisotopic (exact) mass is 325 g/mol. The van der Waals surface area contributed by atoms with Gasteiger partial charge in [0, 0.05) is 51.1 Å². The zero-order valence-electron chi connectivity index (χ0n) is 14.0. The Kier molecular flexibility index (Phi) is 6.76. The van der Waals surface area contributed by atoms with Gasteiger partial charge in [0.05, 0.1) is 0 Å². The molecule has 1 heterocycles. The number of hydrogen-bond acceptors (Lipinski definition) is 3. The molecule has 0 aliphatic rings. The molecule has 3 N–H and O–H groups in total. The molecule has 0 saturated carbocycles. The minimum absolute atomic E-state index is 0.0819. The number of guanidine groups is 1. The van der Waals surface area contributed by atoms with Gasteiger partial charge in [0.25, 0.3) is 5.91 Å². The van der Waals surface area contributed by atoms with Crippen LogP contribution in [0.5, 0.6) is 0 Å². The summed E-state index contributed by atoms with van der Waals surface area (Å²) in [5.41, 5.74) is 2.78. The molecule has 0 spiro atoms. The number of rotatable bonds is 6. The van der Waals surface area contributed by atoms with Gasteiger partial charge in [-0.05, 0) is 29.8 Å². The van der Waals surface area contributed by atoms with Crippen LogP contribution in [0.2, 0.25) is 0 Å². The van der Waals surface area contributed by atoms with Crippen LogP contribution in [-0.2, 0) is 13.0 Å². The fourth-order valence-electron chi connectivity index (χ4n) is 2.18. The molecule has 0 bridgehead atoms. The first-order valence-corrected chi connectivity index (χ1v) is 7.88. The van der Waals surface area contributed by atoms with Crippen LogP contribution in [0.1, 0.15) is 21.6 Å². The van der Waals surface area contributed by atoms with E-state index in [1.165, 1.54) is 0 Å². The number of aliphatic imine (C=N–C) groups is 1. The molecule has 0 aliphatic heterocycles. The third-order valence-electron chi connectivity index (χ3n) is 3.53. The Balaban J connectivity index is 1.78. The topological polar surface area (TPSA) is 78.4 Å². The molecule has 1 aromatic carbocycles. The van der Waals surface area contributed by atoms with Gasteiger partial charge in [0.2, 0.25) is 0 Å². The first kappa shape index (κ1) is 17.5. The molecule has 6 nitrogen and oxygen atoms in total. The molecule has 2 aromatic rings. The summed E-state index contributed by atoms with van der Waals surface area (Å²) in [4.78, 5) is 20.0. The van der Waals surface area contributed by atoms with E-state index in [4.69, 9.17) is 0 Å². The maximum Gasteiger partial charge on any atom is 0.251 e. The second kappa shape index (κ2) is 9.29. The number of hydrogen-bond donors (Lipinski definition) is 3. The van der Waals surface area contributed by atoms with E-state index in [1.807, 2.05) is 42.5 Å². The maximum absolute atomic E-state index is 11.5. The van der Waals surface area contributed by atoms with Gasteiger partial charge in [-0.15, -0.1) is 0 Å². The molecule has 2 rings (SSSR count). The highest BCUT2D eigenvalue weighted by molar-refractivity contribution is 5.93. The van der Waals surface area contributed by atoms with Crippen molar-refractivity contribution in [3.63, 3.8) is 0 Å². The van der Waals surface area contributed by atoms with Crippen LogP contribution >= 0.6 is 0 Å². The lowest BCUT2D eigenvalue weighted by Gasteiger charge is -2.12. The Hall–Kier alpha value is -2.89. The first-order chi connectivity index (χ1) is 11.7. The van der Waals surface area contributed by atoms with Gasteiger partial charge >= 0.3 is 0 Å². The molecular formula is C18H23N5O. The van der Waals surface area contributed by atoms with Crippen molar-refractivity contribution in [3.05, 3.63) is 65.5 Å². The Morgan fingerprint density at radius 2 is 1.92 bits per heavy atom. The molecular weight excluding hydrogens is 302 g/mol. The van der Waals surface area contributed by atoms with Crippen LogP contribution in [0.3, 0.4) is 0 Å². The van der Waals surface area contributed by atoms with Crippen LogP contribution in [0.15, 0.2) is 53.7 Å². The second-order valence-electron chi connectivity index (χ2n) is 5.20. The van der Waals surface area contributed by atoms with Crippen molar-refractivity contribution >= 4 is 11.9 Å². The number of nitrogens with zero attached hydrogens (tertiary/aromatic N) is 2. The molecule has 0 fully saturated rings. The van der Waals surface area contributed by atoms with Crippen LogP contribution in [-0.4, -0.2) is 37.5 Å². The van der Waals surface area contributed by atoms with Crippen molar-refractivity contribution < 1.29 is 4.79 Å². The summed E-state index contributed by atoms with van der Waals surface area (Å²) in [5, 5.41) is 9.12. The number of carbonyl (C=O) groups is 1. The average Bonchev–Trinajstić information content (AvgIpc) is 2.65. The largest absolute Gasteiger partial charge is 0.356 e. The van der Waals surface area contributed by atoms with E-state index >= 15 is 0 Å². The normalized spacial score (nSPS) is 11.0. The van der Waals surface area contributed by atoms with Gasteiger partial charge in [-0.1, -0.05) is 18.2 Å². The van der Waals surface area contributed by atoms with E-state index in [9.17, 15) is 4.79 Å². The molecule has 1 amide bonds. The lowest BCUT2D eigenvalue weighted by atomic mass is 10.1. The van der Waals surface area contributed by atoms with Crippen molar-refractivity contribution in [2.45, 2.75) is 13.0 Å². The molecule has 24 heavy (non-hydrogen) atoms. The van der Waals surface area contributed by atoms with Crippen LogP contribution < -0.4 is 16.0 Å². The lowest BCUT2D eigenvalue weighted by Crippen LogP contribution is -2.37. The summed E-state index contributed by atoms with van der Waals surface area (Å²) < 4.78 is 0. The van der Waals surface area contributed by atoms with Crippen molar-refractivity contribution in [1.29, 1.82) is 0 Å². The highest BCUT2D eigenvalue weighted by Gasteiger charge is 2.03. The van der Waals surface area contributed by atoms with Crippen molar-refractivity contribution in [3.8, 4) is 0 Å². The second-order valence-corrected chi connectivity index (χ2v) is 5.20. The Morgan fingerprint density at radius 3 is 2.54 bits per heavy atom. The van der Waals surface area contributed by atoms with Crippen LogP contribution in [0, 0.1) is 0 Å². The molecule has 0 aliphatic carbocycles. The SMILES string of the molecule is CN=C(NCCc1ccccn1)NCc1ccc(C(=O)NC)cc1. The van der Waals surface area contributed by atoms with E-state index in [0.29, 0.717) is 12.1 Å². The molecule has 0 atom stereocenters. The van der Waals surface area contributed by atoms with Gasteiger partial charge in [0.1, 0.15) is 0 Å². The summed E-state index contributed by atoms with van der Waals surface area (Å²) in [5.74, 6) is 0.655. The van der Waals surface area contributed by atoms with E-state index in [0.717, 1.165) is 30.2 Å². The molecule has 6 heteroatoms. The molecule has 1 aromatic heterocycles. The lowest BCUT2D eigenvalue weighted by molar-refractivity contribution is 0.0963. The Bertz CT molecular complexity index is 668. The van der Waals surface area contributed by atoms with E-state index in [-0.39, 0.29) is 5.91 Å². The molecule has 0 radical (unpaired) electrons. The summed E-state index contributed by atoms with van der Waals surface area (Å²) in [6, 6.07) is 13.4. The molecule has 0 unspecified atom stereocenters. The number of benzene rings is 1. The molecule has 126 valence electrons. The molecule has 0 saturated heterocycles. The van der Waals surface area contributed by atoms with Gasteiger partial charge in [-0.25, -0.2) is 0 Å². The number of aromatic nitrogens is 1. The maximum atomic E-state index is 11.5. The van der Waals surface area contributed by atoms with Crippen LogP contribution in [0.25, 0.3) is 0 Å². The summed E-state index contributed by atoms with van der Waals surface area (Å²) in [6.07, 6.45) is 2.63. The quantitative estimate of drug-likeness (QED) is 0.553. The third-order valence-corrected chi connectivity index (χ3v) is 3.53. The van der Waals surface area contributed by atoms with E-state index in [1.54, 1.807) is 20.3 Å². The number of nitrogens with one attached hydrogen (secondary N) is 3. The van der Waals surface area contributed by atoms with E-state index in [2.05, 4.69) is 25.9 Å². The fourth-order valence-corrected chi connectivity index (χ4v) is 2.18. The summed E-state index contributed by atoms with van der Waals surface area (Å²) in [6.45, 7) is 1.39. The summed E-state index contributed by atoms with van der Waals surface area (Å²) in [7, 11) is 3.36.